The van der Waals surface area contributed by atoms with Crippen molar-refractivity contribution >= 4 is 27.1 Å². The van der Waals surface area contributed by atoms with Gasteiger partial charge in [0, 0.05) is 17.1 Å². The van der Waals surface area contributed by atoms with Crippen molar-refractivity contribution in [3.05, 3.63) is 83.9 Å². The molecule has 0 aliphatic carbocycles. The zero-order chi connectivity index (χ0) is 17.9. The maximum atomic E-state index is 12.3. The Hall–Kier alpha value is -2.79. The van der Waals surface area contributed by atoms with Crippen LogP contribution in [0.15, 0.2) is 77.7 Å². The fourth-order valence-corrected chi connectivity index (χ4v) is 3.50. The Kier molecular flexibility index (Phi) is 4.76. The summed E-state index contributed by atoms with van der Waals surface area (Å²) in [6.07, 6.45) is 0. The minimum atomic E-state index is -3.57. The number of nitrogens with one attached hydrogen (secondary N) is 2. The second kappa shape index (κ2) is 6.99. The van der Waals surface area contributed by atoms with Gasteiger partial charge in [-0.2, -0.15) is 0 Å². The lowest BCUT2D eigenvalue weighted by atomic mass is 10.1. The zero-order valence-corrected chi connectivity index (χ0v) is 15.0. The molecule has 2 N–H and O–H groups in total. The minimum absolute atomic E-state index is 0.243. The van der Waals surface area contributed by atoms with E-state index in [1.54, 1.807) is 42.5 Å². The van der Waals surface area contributed by atoms with Crippen LogP contribution in [0.25, 0.3) is 0 Å². The maximum Gasteiger partial charge on any atom is 0.261 e. The highest BCUT2D eigenvalue weighted by atomic mass is 32.2. The summed E-state index contributed by atoms with van der Waals surface area (Å²) >= 11 is 0. The Balaban J connectivity index is 1.73. The molecule has 0 atom stereocenters. The molecule has 0 aliphatic heterocycles. The highest BCUT2D eigenvalue weighted by Gasteiger charge is 2.13. The molecule has 0 amide bonds. The minimum Gasteiger partial charge on any atom is -0.356 e. The van der Waals surface area contributed by atoms with Crippen molar-refractivity contribution in [2.75, 3.05) is 10.0 Å². The quantitative estimate of drug-likeness (QED) is 0.690. The maximum absolute atomic E-state index is 12.3. The smallest absolute Gasteiger partial charge is 0.261 e. The first-order chi connectivity index (χ1) is 11.9. The van der Waals surface area contributed by atoms with Gasteiger partial charge in [-0.3, -0.25) is 4.72 Å². The molecule has 0 aromatic heterocycles. The number of sulfonamides is 1. The van der Waals surface area contributed by atoms with E-state index in [9.17, 15) is 8.42 Å². The first kappa shape index (κ1) is 17.0. The number of aryl methyl sites for hydroxylation is 2. The Morgan fingerprint density at radius 1 is 0.680 bits per heavy atom. The number of rotatable bonds is 5. The van der Waals surface area contributed by atoms with Crippen LogP contribution in [0.5, 0.6) is 0 Å². The largest absolute Gasteiger partial charge is 0.356 e. The zero-order valence-electron chi connectivity index (χ0n) is 14.2. The lowest BCUT2D eigenvalue weighted by molar-refractivity contribution is 0.601. The molecule has 0 spiro atoms. The van der Waals surface area contributed by atoms with Crippen LogP contribution < -0.4 is 10.0 Å². The van der Waals surface area contributed by atoms with Gasteiger partial charge < -0.3 is 5.32 Å². The van der Waals surface area contributed by atoms with E-state index < -0.39 is 10.0 Å². The number of benzene rings is 3. The molecule has 0 saturated carbocycles. The van der Waals surface area contributed by atoms with Gasteiger partial charge in [-0.05, 0) is 73.5 Å². The van der Waals surface area contributed by atoms with Crippen LogP contribution in [0.3, 0.4) is 0 Å². The molecule has 0 bridgehead atoms. The van der Waals surface area contributed by atoms with Gasteiger partial charge in [-0.1, -0.05) is 24.3 Å². The third-order valence-electron chi connectivity index (χ3n) is 3.99. The first-order valence-corrected chi connectivity index (χ1v) is 9.44. The van der Waals surface area contributed by atoms with Gasteiger partial charge in [-0.15, -0.1) is 0 Å². The summed E-state index contributed by atoms with van der Waals surface area (Å²) in [5.74, 6) is 0. The monoisotopic (exact) mass is 352 g/mol. The van der Waals surface area contributed by atoms with Crippen LogP contribution in [0.1, 0.15) is 11.1 Å². The molecule has 3 rings (SSSR count). The van der Waals surface area contributed by atoms with Gasteiger partial charge in [0.2, 0.25) is 0 Å². The average Bonchev–Trinajstić information content (AvgIpc) is 2.60. The van der Waals surface area contributed by atoms with Crippen molar-refractivity contribution in [3.63, 3.8) is 0 Å². The van der Waals surface area contributed by atoms with E-state index in [2.05, 4.69) is 36.0 Å². The number of hydrogen-bond acceptors (Lipinski definition) is 3. The summed E-state index contributed by atoms with van der Waals surface area (Å²) < 4.78 is 27.2. The van der Waals surface area contributed by atoms with Gasteiger partial charge in [-0.25, -0.2) is 8.42 Å². The molecule has 0 heterocycles. The normalized spacial score (nSPS) is 11.1. The van der Waals surface area contributed by atoms with Crippen molar-refractivity contribution in [2.24, 2.45) is 0 Å². The summed E-state index contributed by atoms with van der Waals surface area (Å²) in [5, 5.41) is 3.32. The molecule has 3 aromatic rings. The van der Waals surface area contributed by atoms with Crippen LogP contribution in [0.4, 0.5) is 17.1 Å². The van der Waals surface area contributed by atoms with E-state index in [1.807, 2.05) is 18.2 Å². The highest BCUT2D eigenvalue weighted by molar-refractivity contribution is 7.92. The van der Waals surface area contributed by atoms with Crippen LogP contribution in [-0.2, 0) is 10.0 Å². The van der Waals surface area contributed by atoms with Gasteiger partial charge in [0.05, 0.1) is 4.90 Å². The van der Waals surface area contributed by atoms with Crippen molar-refractivity contribution in [1.29, 1.82) is 0 Å². The summed E-state index contributed by atoms with van der Waals surface area (Å²) in [6.45, 7) is 4.15. The summed E-state index contributed by atoms with van der Waals surface area (Å²) in [5.41, 5.74) is 4.88. The molecule has 0 fully saturated rings. The number of anilines is 3. The first-order valence-electron chi connectivity index (χ1n) is 7.96. The Morgan fingerprint density at radius 2 is 1.28 bits per heavy atom. The number of hydrogen-bond donors (Lipinski definition) is 2. The fourth-order valence-electron chi connectivity index (χ4n) is 2.42. The summed E-state index contributed by atoms with van der Waals surface area (Å²) in [7, 11) is -3.57. The fraction of sp³-hybridized carbons (Fsp3) is 0.100. The average molecular weight is 352 g/mol. The Bertz CT molecular complexity index is 966. The van der Waals surface area contributed by atoms with Crippen molar-refractivity contribution < 1.29 is 8.42 Å². The molecule has 4 nitrogen and oxygen atoms in total. The third-order valence-corrected chi connectivity index (χ3v) is 5.38. The predicted octanol–water partition coefficient (Wildman–Crippen LogP) is 4.85. The Morgan fingerprint density at radius 3 is 1.92 bits per heavy atom. The Labute approximate surface area is 148 Å². The van der Waals surface area contributed by atoms with E-state index in [4.69, 9.17) is 0 Å². The van der Waals surface area contributed by atoms with E-state index in [0.29, 0.717) is 5.69 Å². The highest BCUT2D eigenvalue weighted by Crippen LogP contribution is 2.22. The van der Waals surface area contributed by atoms with Crippen LogP contribution in [0, 0.1) is 13.8 Å². The molecule has 0 radical (unpaired) electrons. The topological polar surface area (TPSA) is 58.2 Å². The van der Waals surface area contributed by atoms with Crippen LogP contribution in [-0.4, -0.2) is 8.42 Å². The lowest BCUT2D eigenvalue weighted by Crippen LogP contribution is -2.12. The van der Waals surface area contributed by atoms with Gasteiger partial charge in [0.25, 0.3) is 10.0 Å². The predicted molar refractivity (Wildman–Crippen MR) is 103 cm³/mol. The molecule has 5 heteroatoms. The lowest BCUT2D eigenvalue weighted by Gasteiger charge is -2.11. The van der Waals surface area contributed by atoms with E-state index in [0.717, 1.165) is 11.4 Å². The third kappa shape index (κ3) is 4.19. The molecule has 25 heavy (non-hydrogen) atoms. The van der Waals surface area contributed by atoms with E-state index >= 15 is 0 Å². The summed E-state index contributed by atoms with van der Waals surface area (Å²) in [6, 6.07) is 21.7. The molecular weight excluding hydrogens is 332 g/mol. The molecule has 3 aromatic carbocycles. The van der Waals surface area contributed by atoms with Crippen molar-refractivity contribution in [2.45, 2.75) is 18.7 Å². The van der Waals surface area contributed by atoms with Gasteiger partial charge in [0.15, 0.2) is 0 Å². The van der Waals surface area contributed by atoms with Gasteiger partial charge in [0.1, 0.15) is 0 Å². The summed E-state index contributed by atoms with van der Waals surface area (Å²) in [4.78, 5) is 0.243. The second-order valence-corrected chi connectivity index (χ2v) is 7.60. The molecule has 0 saturated heterocycles. The van der Waals surface area contributed by atoms with Crippen molar-refractivity contribution in [1.82, 2.24) is 0 Å². The van der Waals surface area contributed by atoms with E-state index in [1.165, 1.54) is 11.1 Å². The van der Waals surface area contributed by atoms with Gasteiger partial charge >= 0.3 is 0 Å². The molecular formula is C20H20N2O2S. The second-order valence-electron chi connectivity index (χ2n) is 5.92. The van der Waals surface area contributed by atoms with Crippen LogP contribution in [0.2, 0.25) is 0 Å². The van der Waals surface area contributed by atoms with Crippen LogP contribution >= 0.6 is 0 Å². The van der Waals surface area contributed by atoms with Crippen molar-refractivity contribution in [3.8, 4) is 0 Å². The standard InChI is InChI=1S/C20H20N2O2S/c1-15-8-9-19(14-16(15)2)21-17-10-12-18(13-11-17)22-25(23,24)20-6-4-3-5-7-20/h3-14,21-22H,1-2H3. The SMILES string of the molecule is Cc1ccc(Nc2ccc(NS(=O)(=O)c3ccccc3)cc2)cc1C. The molecule has 128 valence electrons. The molecule has 0 aliphatic rings. The molecule has 0 unspecified atom stereocenters. The van der Waals surface area contributed by atoms with E-state index in [-0.39, 0.29) is 4.90 Å².